The molecular weight excluding hydrogens is 362 g/mol. The molecule has 1 aromatic rings. The number of benzene rings is 1. The fraction of sp³-hybridized carbons (Fsp3) is 0.588. The Hall–Kier alpha value is -1.33. The Morgan fingerprint density at radius 2 is 2.00 bits per heavy atom. The van der Waals surface area contributed by atoms with Gasteiger partial charge in [0, 0.05) is 19.1 Å². The van der Waals surface area contributed by atoms with Crippen LogP contribution in [0.25, 0.3) is 0 Å². The molecule has 1 atom stereocenters. The summed E-state index contributed by atoms with van der Waals surface area (Å²) in [5, 5.41) is 12.5. The molecule has 1 N–H and O–H groups in total. The Labute approximate surface area is 155 Å². The van der Waals surface area contributed by atoms with Crippen molar-refractivity contribution < 1.29 is 13.2 Å². The Morgan fingerprint density at radius 1 is 1.28 bits per heavy atom. The molecule has 2 aliphatic rings. The number of piperidine rings is 1. The van der Waals surface area contributed by atoms with Gasteiger partial charge >= 0.3 is 0 Å². The first-order valence-electron chi connectivity index (χ1n) is 8.38. The standard InChI is InChI=1S/C17H23N3O3S.ClH/c1-23-16-11-13(12-18)4-5-17(16)24(21,22)20-9-6-14(7-10-20)15-3-2-8-19-15;/h4-5,11,14-15,19H,2-3,6-10H2,1H3;1H. The Morgan fingerprint density at radius 3 is 2.56 bits per heavy atom. The van der Waals surface area contributed by atoms with Gasteiger partial charge in [0.15, 0.2) is 0 Å². The molecule has 0 aromatic heterocycles. The Bertz CT molecular complexity index is 734. The third-order valence-electron chi connectivity index (χ3n) is 5.08. The molecule has 3 rings (SSSR count). The average Bonchev–Trinajstić information content (AvgIpc) is 3.15. The van der Waals surface area contributed by atoms with E-state index in [4.69, 9.17) is 10.00 Å². The summed E-state index contributed by atoms with van der Waals surface area (Å²) in [6.07, 6.45) is 4.18. The van der Waals surface area contributed by atoms with Crippen LogP contribution in [0.4, 0.5) is 0 Å². The largest absolute Gasteiger partial charge is 0.495 e. The molecule has 0 aliphatic carbocycles. The minimum atomic E-state index is -3.60. The van der Waals surface area contributed by atoms with Crippen molar-refractivity contribution in [3.8, 4) is 11.8 Å². The molecule has 6 nitrogen and oxygen atoms in total. The zero-order chi connectivity index (χ0) is 17.2. The number of nitrogens with zero attached hydrogens (tertiary/aromatic N) is 2. The quantitative estimate of drug-likeness (QED) is 0.858. The van der Waals surface area contributed by atoms with Crippen molar-refractivity contribution in [3.05, 3.63) is 23.8 Å². The first-order chi connectivity index (χ1) is 11.6. The summed E-state index contributed by atoms with van der Waals surface area (Å²) in [6.45, 7) is 2.15. The molecule has 8 heteroatoms. The lowest BCUT2D eigenvalue weighted by molar-refractivity contribution is 0.233. The van der Waals surface area contributed by atoms with E-state index in [1.807, 2.05) is 6.07 Å². The predicted octanol–water partition coefficient (Wildman–Crippen LogP) is 2.14. The molecule has 2 fully saturated rings. The summed E-state index contributed by atoms with van der Waals surface area (Å²) in [4.78, 5) is 0.140. The monoisotopic (exact) mass is 385 g/mol. The van der Waals surface area contributed by atoms with Crippen molar-refractivity contribution >= 4 is 22.4 Å². The molecule has 0 bridgehead atoms. The highest BCUT2D eigenvalue weighted by Gasteiger charge is 2.34. The summed E-state index contributed by atoms with van der Waals surface area (Å²) in [5.74, 6) is 0.787. The van der Waals surface area contributed by atoms with Crippen LogP contribution in [-0.4, -0.2) is 45.5 Å². The molecule has 2 aliphatic heterocycles. The SMILES string of the molecule is COc1cc(C#N)ccc1S(=O)(=O)N1CCC(C2CCCN2)CC1.Cl. The van der Waals surface area contributed by atoms with Crippen LogP contribution in [0.1, 0.15) is 31.2 Å². The number of hydrogen-bond donors (Lipinski definition) is 1. The van der Waals surface area contributed by atoms with Crippen LogP contribution in [0, 0.1) is 17.2 Å². The van der Waals surface area contributed by atoms with Gasteiger partial charge in [0.2, 0.25) is 10.0 Å². The number of sulfonamides is 1. The zero-order valence-corrected chi connectivity index (χ0v) is 15.9. The van der Waals surface area contributed by atoms with Gasteiger partial charge in [-0.25, -0.2) is 8.42 Å². The van der Waals surface area contributed by atoms with Crippen LogP contribution in [0.3, 0.4) is 0 Å². The molecule has 25 heavy (non-hydrogen) atoms. The zero-order valence-electron chi connectivity index (χ0n) is 14.3. The van der Waals surface area contributed by atoms with Gasteiger partial charge in [0.05, 0.1) is 18.7 Å². The second-order valence-electron chi connectivity index (χ2n) is 6.42. The lowest BCUT2D eigenvalue weighted by Crippen LogP contribution is -2.43. The summed E-state index contributed by atoms with van der Waals surface area (Å²) in [5.41, 5.74) is 0.386. The van der Waals surface area contributed by atoms with E-state index in [1.165, 1.54) is 38.2 Å². The van der Waals surface area contributed by atoms with Gasteiger partial charge in [-0.05, 0) is 56.3 Å². The highest BCUT2D eigenvalue weighted by molar-refractivity contribution is 7.89. The lowest BCUT2D eigenvalue weighted by atomic mass is 9.89. The molecule has 138 valence electrons. The van der Waals surface area contributed by atoms with E-state index < -0.39 is 10.0 Å². The third-order valence-corrected chi connectivity index (χ3v) is 7.01. The van der Waals surface area contributed by atoms with Crippen LogP contribution >= 0.6 is 12.4 Å². The number of halogens is 1. The minimum absolute atomic E-state index is 0. The highest BCUT2D eigenvalue weighted by Crippen LogP contribution is 2.32. The number of methoxy groups -OCH3 is 1. The fourth-order valence-electron chi connectivity index (χ4n) is 3.72. The second-order valence-corrected chi connectivity index (χ2v) is 8.33. The van der Waals surface area contributed by atoms with Crippen molar-refractivity contribution in [2.75, 3.05) is 26.7 Å². The van der Waals surface area contributed by atoms with Gasteiger partial charge in [-0.2, -0.15) is 9.57 Å². The topological polar surface area (TPSA) is 82.4 Å². The van der Waals surface area contributed by atoms with Crippen molar-refractivity contribution in [1.29, 1.82) is 5.26 Å². The summed E-state index contributed by atoms with van der Waals surface area (Å²) >= 11 is 0. The van der Waals surface area contributed by atoms with E-state index in [-0.39, 0.29) is 23.1 Å². The summed E-state index contributed by atoms with van der Waals surface area (Å²) in [7, 11) is -2.17. The van der Waals surface area contributed by atoms with Crippen molar-refractivity contribution in [3.63, 3.8) is 0 Å². The number of ether oxygens (including phenoxy) is 1. The first kappa shape index (κ1) is 20.0. The Balaban J connectivity index is 0.00000225. The molecule has 0 amide bonds. The molecule has 1 unspecified atom stereocenters. The molecular formula is C17H24ClN3O3S. The molecule has 1 aromatic carbocycles. The van der Waals surface area contributed by atoms with Gasteiger partial charge in [-0.3, -0.25) is 0 Å². The van der Waals surface area contributed by atoms with Crippen molar-refractivity contribution in [2.45, 2.75) is 36.6 Å². The number of hydrogen-bond acceptors (Lipinski definition) is 5. The van der Waals surface area contributed by atoms with Crippen LogP contribution in [0.15, 0.2) is 23.1 Å². The summed E-state index contributed by atoms with van der Waals surface area (Å²) in [6, 6.07) is 7.00. The van der Waals surface area contributed by atoms with Crippen molar-refractivity contribution in [2.24, 2.45) is 5.92 Å². The fourth-order valence-corrected chi connectivity index (χ4v) is 5.33. The second kappa shape index (κ2) is 8.37. The molecule has 0 spiro atoms. The van der Waals surface area contributed by atoms with E-state index in [9.17, 15) is 8.42 Å². The number of nitriles is 1. The minimum Gasteiger partial charge on any atom is -0.495 e. The van der Waals surface area contributed by atoms with Crippen LogP contribution in [-0.2, 0) is 10.0 Å². The van der Waals surface area contributed by atoms with Crippen LogP contribution < -0.4 is 10.1 Å². The maximum Gasteiger partial charge on any atom is 0.246 e. The van der Waals surface area contributed by atoms with Gasteiger partial charge in [-0.1, -0.05) is 0 Å². The Kier molecular flexibility index (Phi) is 6.69. The van der Waals surface area contributed by atoms with Gasteiger partial charge in [0.25, 0.3) is 0 Å². The first-order valence-corrected chi connectivity index (χ1v) is 9.82. The molecule has 0 saturated carbocycles. The van der Waals surface area contributed by atoms with Gasteiger partial charge in [0.1, 0.15) is 10.6 Å². The van der Waals surface area contributed by atoms with E-state index in [1.54, 1.807) is 4.31 Å². The van der Waals surface area contributed by atoms with E-state index in [0.717, 1.165) is 19.4 Å². The van der Waals surface area contributed by atoms with Gasteiger partial charge in [-0.15, -0.1) is 12.4 Å². The highest BCUT2D eigenvalue weighted by atomic mass is 35.5. The van der Waals surface area contributed by atoms with E-state index >= 15 is 0 Å². The average molecular weight is 386 g/mol. The predicted molar refractivity (Wildman–Crippen MR) is 97.5 cm³/mol. The molecule has 2 saturated heterocycles. The normalized spacial score (nSPS) is 22.2. The summed E-state index contributed by atoms with van der Waals surface area (Å²) < 4.78 is 32.6. The van der Waals surface area contributed by atoms with Crippen molar-refractivity contribution in [1.82, 2.24) is 9.62 Å². The van der Waals surface area contributed by atoms with Crippen LogP contribution in [0.5, 0.6) is 5.75 Å². The number of rotatable bonds is 4. The lowest BCUT2D eigenvalue weighted by Gasteiger charge is -2.34. The maximum absolute atomic E-state index is 12.9. The molecule has 0 radical (unpaired) electrons. The molecule has 2 heterocycles. The van der Waals surface area contributed by atoms with Gasteiger partial charge < -0.3 is 10.1 Å². The maximum atomic E-state index is 12.9. The van der Waals surface area contributed by atoms with Crippen LogP contribution in [0.2, 0.25) is 0 Å². The van der Waals surface area contributed by atoms with E-state index in [2.05, 4.69) is 5.32 Å². The third kappa shape index (κ3) is 4.09. The smallest absolute Gasteiger partial charge is 0.246 e. The number of nitrogens with one attached hydrogen (secondary N) is 1. The van der Waals surface area contributed by atoms with E-state index in [0.29, 0.717) is 30.6 Å².